The van der Waals surface area contributed by atoms with Crippen LogP contribution in [0.25, 0.3) is 0 Å². The normalized spacial score (nSPS) is 46.0. The van der Waals surface area contributed by atoms with Crippen molar-refractivity contribution in [3.63, 3.8) is 0 Å². The number of nitrogens with two attached hydrogens (primary N) is 1. The topological polar surface area (TPSA) is 29.3 Å². The highest BCUT2D eigenvalue weighted by Gasteiger charge is 2.38. The second kappa shape index (κ2) is 5.50. The lowest BCUT2D eigenvalue weighted by molar-refractivity contribution is 0.00595. The highest BCUT2D eigenvalue weighted by molar-refractivity contribution is 4.95. The van der Waals surface area contributed by atoms with Crippen molar-refractivity contribution < 1.29 is 0 Å². The van der Waals surface area contributed by atoms with Crippen LogP contribution < -0.4 is 5.73 Å². The Morgan fingerprint density at radius 2 is 1.61 bits per heavy atom. The first-order valence-corrected chi connectivity index (χ1v) is 8.25. The lowest BCUT2D eigenvalue weighted by Gasteiger charge is -2.50. The maximum absolute atomic E-state index is 6.22. The van der Waals surface area contributed by atoms with E-state index in [9.17, 15) is 0 Å². The van der Waals surface area contributed by atoms with Gasteiger partial charge in [-0.2, -0.15) is 0 Å². The molecule has 2 heteroatoms. The van der Waals surface area contributed by atoms with Crippen LogP contribution in [0.15, 0.2) is 0 Å². The van der Waals surface area contributed by atoms with Gasteiger partial charge in [0.1, 0.15) is 0 Å². The van der Waals surface area contributed by atoms with E-state index in [2.05, 4.69) is 11.8 Å². The molecule has 2 aliphatic heterocycles. The van der Waals surface area contributed by atoms with E-state index < -0.39 is 0 Å². The lowest BCUT2D eigenvalue weighted by atomic mass is 9.77. The minimum absolute atomic E-state index is 0.486. The van der Waals surface area contributed by atoms with Gasteiger partial charge in [0, 0.05) is 24.7 Å². The molecule has 104 valence electrons. The van der Waals surface area contributed by atoms with Gasteiger partial charge < -0.3 is 5.73 Å². The third-order valence-electron chi connectivity index (χ3n) is 5.90. The number of hydrogen-bond acceptors (Lipinski definition) is 2. The first kappa shape index (κ1) is 12.9. The number of fused-ring (bicyclic) bond motifs is 2. The molecule has 3 fully saturated rings. The van der Waals surface area contributed by atoms with Gasteiger partial charge in [-0.25, -0.2) is 0 Å². The van der Waals surface area contributed by atoms with E-state index in [0.29, 0.717) is 6.04 Å². The van der Waals surface area contributed by atoms with Crippen LogP contribution in [0.4, 0.5) is 0 Å². The molecule has 0 aromatic rings. The predicted molar refractivity (Wildman–Crippen MR) is 76.5 cm³/mol. The van der Waals surface area contributed by atoms with Gasteiger partial charge in [-0.1, -0.05) is 32.6 Å². The van der Waals surface area contributed by atoms with Crippen molar-refractivity contribution in [1.29, 1.82) is 0 Å². The van der Waals surface area contributed by atoms with Crippen molar-refractivity contribution in [2.24, 2.45) is 17.6 Å². The molecule has 2 N–H and O–H groups in total. The van der Waals surface area contributed by atoms with Gasteiger partial charge in [-0.3, -0.25) is 4.90 Å². The first-order valence-electron chi connectivity index (χ1n) is 8.25. The Labute approximate surface area is 112 Å². The van der Waals surface area contributed by atoms with Gasteiger partial charge in [0.15, 0.2) is 0 Å². The summed E-state index contributed by atoms with van der Waals surface area (Å²) in [7, 11) is 0. The van der Waals surface area contributed by atoms with Crippen LogP contribution in [0, 0.1) is 11.8 Å². The number of nitrogens with zero attached hydrogens (tertiary/aromatic N) is 1. The molecule has 0 amide bonds. The summed E-state index contributed by atoms with van der Waals surface area (Å²) in [4.78, 5) is 2.87. The Bertz CT molecular complexity index is 264. The maximum Gasteiger partial charge on any atom is 0.0113 e. The molecule has 1 saturated carbocycles. The van der Waals surface area contributed by atoms with Crippen molar-refractivity contribution in [1.82, 2.24) is 4.90 Å². The molecular formula is C16H30N2. The first-order chi connectivity index (χ1) is 8.74. The average molecular weight is 250 g/mol. The largest absolute Gasteiger partial charge is 0.328 e. The molecule has 0 radical (unpaired) electrons. The quantitative estimate of drug-likeness (QED) is 0.815. The van der Waals surface area contributed by atoms with Crippen LogP contribution in [-0.4, -0.2) is 29.6 Å². The molecule has 2 bridgehead atoms. The molecule has 4 unspecified atom stereocenters. The Morgan fingerprint density at radius 1 is 0.944 bits per heavy atom. The molecular weight excluding hydrogens is 220 g/mol. The molecule has 18 heavy (non-hydrogen) atoms. The molecule has 0 aromatic carbocycles. The summed E-state index contributed by atoms with van der Waals surface area (Å²) in [6.45, 7) is 3.86. The highest BCUT2D eigenvalue weighted by atomic mass is 15.2. The molecule has 2 nitrogen and oxygen atoms in total. The van der Waals surface area contributed by atoms with Gasteiger partial charge in [0.25, 0.3) is 0 Å². The fraction of sp³-hybridized carbons (Fsp3) is 1.00. The molecule has 0 spiro atoms. The molecule has 2 saturated heterocycles. The van der Waals surface area contributed by atoms with Crippen LogP contribution in [-0.2, 0) is 0 Å². The van der Waals surface area contributed by atoms with Crippen LogP contribution in [0.5, 0.6) is 0 Å². The van der Waals surface area contributed by atoms with Crippen molar-refractivity contribution in [2.75, 3.05) is 6.54 Å². The molecule has 4 atom stereocenters. The summed E-state index contributed by atoms with van der Waals surface area (Å²) in [5.74, 6) is 1.92. The Hall–Kier alpha value is -0.0800. The summed E-state index contributed by atoms with van der Waals surface area (Å²) >= 11 is 0. The van der Waals surface area contributed by atoms with Crippen molar-refractivity contribution in [2.45, 2.75) is 82.8 Å². The number of hydrogen-bond donors (Lipinski definition) is 1. The predicted octanol–water partition coefficient (Wildman–Crippen LogP) is 3.16. The number of rotatable bonds is 2. The Kier molecular flexibility index (Phi) is 3.95. The average Bonchev–Trinajstić information content (AvgIpc) is 2.33. The van der Waals surface area contributed by atoms with Gasteiger partial charge in [-0.05, 0) is 43.9 Å². The van der Waals surface area contributed by atoms with E-state index in [1.54, 1.807) is 0 Å². The second-order valence-corrected chi connectivity index (χ2v) is 7.19. The zero-order valence-electron chi connectivity index (χ0n) is 12.0. The van der Waals surface area contributed by atoms with E-state index in [4.69, 9.17) is 5.73 Å². The summed E-state index contributed by atoms with van der Waals surface area (Å²) in [5.41, 5.74) is 6.22. The minimum Gasteiger partial charge on any atom is -0.328 e. The smallest absolute Gasteiger partial charge is 0.0113 e. The summed E-state index contributed by atoms with van der Waals surface area (Å²) in [6.07, 6.45) is 12.7. The standard InChI is InChI=1S/C16H30N2/c1-12-5-2-3-6-13(12)11-18-15-7-4-8-16(18)10-14(17)9-15/h12-16H,2-11,17H2,1H3. The Balaban J connectivity index is 1.64. The summed E-state index contributed by atoms with van der Waals surface area (Å²) < 4.78 is 0. The van der Waals surface area contributed by atoms with Crippen LogP contribution >= 0.6 is 0 Å². The fourth-order valence-corrected chi connectivity index (χ4v) is 4.75. The molecule has 3 rings (SSSR count). The third-order valence-corrected chi connectivity index (χ3v) is 5.90. The van der Waals surface area contributed by atoms with E-state index in [0.717, 1.165) is 23.9 Å². The van der Waals surface area contributed by atoms with Gasteiger partial charge in [-0.15, -0.1) is 0 Å². The van der Waals surface area contributed by atoms with Gasteiger partial charge in [0.2, 0.25) is 0 Å². The van der Waals surface area contributed by atoms with E-state index >= 15 is 0 Å². The van der Waals surface area contributed by atoms with Crippen LogP contribution in [0.1, 0.15) is 64.7 Å². The highest BCUT2D eigenvalue weighted by Crippen LogP contribution is 2.37. The lowest BCUT2D eigenvalue weighted by Crippen LogP contribution is -2.56. The molecule has 1 aliphatic carbocycles. The van der Waals surface area contributed by atoms with Crippen molar-refractivity contribution in [3.8, 4) is 0 Å². The van der Waals surface area contributed by atoms with Crippen molar-refractivity contribution in [3.05, 3.63) is 0 Å². The monoisotopic (exact) mass is 250 g/mol. The van der Waals surface area contributed by atoms with Crippen molar-refractivity contribution >= 4 is 0 Å². The SMILES string of the molecule is CC1CCCCC1CN1C2CCCC1CC(N)C2. The van der Waals surface area contributed by atoms with Crippen LogP contribution in [0.3, 0.4) is 0 Å². The third kappa shape index (κ3) is 2.60. The molecule has 2 heterocycles. The van der Waals surface area contributed by atoms with Gasteiger partial charge >= 0.3 is 0 Å². The van der Waals surface area contributed by atoms with E-state index in [-0.39, 0.29) is 0 Å². The zero-order chi connectivity index (χ0) is 12.5. The summed E-state index contributed by atoms with van der Waals surface area (Å²) in [5, 5.41) is 0. The zero-order valence-corrected chi connectivity index (χ0v) is 12.0. The second-order valence-electron chi connectivity index (χ2n) is 7.19. The van der Waals surface area contributed by atoms with E-state index in [1.165, 1.54) is 64.3 Å². The molecule has 3 aliphatic rings. The number of piperidine rings is 2. The Morgan fingerprint density at radius 3 is 2.28 bits per heavy atom. The van der Waals surface area contributed by atoms with E-state index in [1.807, 2.05) is 0 Å². The fourth-order valence-electron chi connectivity index (χ4n) is 4.75. The molecule has 0 aromatic heterocycles. The van der Waals surface area contributed by atoms with Crippen LogP contribution in [0.2, 0.25) is 0 Å². The maximum atomic E-state index is 6.22. The summed E-state index contributed by atoms with van der Waals surface area (Å²) in [6, 6.07) is 2.13. The minimum atomic E-state index is 0.486. The van der Waals surface area contributed by atoms with Gasteiger partial charge in [0.05, 0.1) is 0 Å².